The molecule has 0 amide bonds. The third-order valence-corrected chi connectivity index (χ3v) is 5.52. The van der Waals surface area contributed by atoms with Gasteiger partial charge in [-0.15, -0.1) is 0 Å². The quantitative estimate of drug-likeness (QED) is 0.656. The highest BCUT2D eigenvalue weighted by Crippen LogP contribution is 2.43. The van der Waals surface area contributed by atoms with Gasteiger partial charge >= 0.3 is 0 Å². The van der Waals surface area contributed by atoms with Crippen molar-refractivity contribution in [1.82, 2.24) is 29.9 Å². The number of nitrogens with zero attached hydrogens (tertiary/aromatic N) is 5. The molecule has 0 aromatic carbocycles. The zero-order valence-electron chi connectivity index (χ0n) is 16.7. The van der Waals surface area contributed by atoms with Gasteiger partial charge in [0.1, 0.15) is 22.8 Å². The Morgan fingerprint density at radius 1 is 1.10 bits per heavy atom. The molecule has 0 spiro atoms. The zero-order chi connectivity index (χ0) is 19.8. The highest BCUT2D eigenvalue weighted by atomic mass is 16.5. The molecule has 1 saturated carbocycles. The Kier molecular flexibility index (Phi) is 4.67. The molecule has 1 saturated heterocycles. The average molecular weight is 395 g/mol. The van der Waals surface area contributed by atoms with E-state index in [9.17, 15) is 0 Å². The molecular formula is C20H25N7O2. The van der Waals surface area contributed by atoms with E-state index in [1.165, 1.54) is 0 Å². The van der Waals surface area contributed by atoms with Gasteiger partial charge in [-0.05, 0) is 32.2 Å². The second kappa shape index (κ2) is 7.47. The van der Waals surface area contributed by atoms with Crippen molar-refractivity contribution in [3.63, 3.8) is 0 Å². The predicted octanol–water partition coefficient (Wildman–Crippen LogP) is 2.24. The van der Waals surface area contributed by atoms with Crippen LogP contribution in [0.5, 0.6) is 11.5 Å². The van der Waals surface area contributed by atoms with Crippen LogP contribution in [-0.2, 0) is 0 Å². The Morgan fingerprint density at radius 2 is 1.97 bits per heavy atom. The van der Waals surface area contributed by atoms with Crippen LogP contribution in [0.1, 0.15) is 37.3 Å². The third kappa shape index (κ3) is 3.46. The number of imidazole rings is 1. The number of ether oxygens (including phenoxy) is 2. The molecule has 3 aromatic rings. The molecular weight excluding hydrogens is 370 g/mol. The Balaban J connectivity index is 1.56. The maximum Gasteiger partial charge on any atom is 0.223 e. The minimum atomic E-state index is 0.316. The van der Waals surface area contributed by atoms with E-state index in [0.717, 1.165) is 55.9 Å². The summed E-state index contributed by atoms with van der Waals surface area (Å²) in [5.41, 5.74) is 3.13. The summed E-state index contributed by atoms with van der Waals surface area (Å²) >= 11 is 0. The maximum atomic E-state index is 5.54. The zero-order valence-corrected chi connectivity index (χ0v) is 16.7. The summed E-state index contributed by atoms with van der Waals surface area (Å²) in [7, 11) is 3.30. The van der Waals surface area contributed by atoms with Crippen molar-refractivity contribution < 1.29 is 9.47 Å². The van der Waals surface area contributed by atoms with Gasteiger partial charge in [0.05, 0.1) is 26.6 Å². The first-order chi connectivity index (χ1) is 14.3. The van der Waals surface area contributed by atoms with Crippen molar-refractivity contribution in [3.8, 4) is 22.9 Å². The number of aromatic nitrogens is 5. The topological polar surface area (TPSA) is 98.5 Å². The number of piperidine rings is 1. The van der Waals surface area contributed by atoms with Crippen LogP contribution in [0.3, 0.4) is 0 Å². The standard InChI is InChI=1S/C20H25N7O2/c1-28-15-8-17-22-10-14(27(17)26-18(15)12-5-6-12)19-16(29-2)11-23-20(25-19)24-13-4-3-7-21-9-13/h8,10-13,21H,3-7,9H2,1-2H3,(H,23,24,25). The van der Waals surface area contributed by atoms with E-state index in [1.807, 2.05) is 10.6 Å². The smallest absolute Gasteiger partial charge is 0.223 e. The van der Waals surface area contributed by atoms with Crippen LogP contribution in [0, 0.1) is 0 Å². The van der Waals surface area contributed by atoms with Gasteiger partial charge in [-0.2, -0.15) is 5.10 Å². The Labute approximate surface area is 168 Å². The molecule has 0 bridgehead atoms. The van der Waals surface area contributed by atoms with E-state index in [0.29, 0.717) is 35.0 Å². The monoisotopic (exact) mass is 395 g/mol. The molecule has 2 N–H and O–H groups in total. The predicted molar refractivity (Wildman–Crippen MR) is 109 cm³/mol. The van der Waals surface area contributed by atoms with Crippen LogP contribution >= 0.6 is 0 Å². The minimum Gasteiger partial charge on any atom is -0.495 e. The lowest BCUT2D eigenvalue weighted by Crippen LogP contribution is -2.38. The number of methoxy groups -OCH3 is 2. The molecule has 1 unspecified atom stereocenters. The lowest BCUT2D eigenvalue weighted by Gasteiger charge is -2.24. The van der Waals surface area contributed by atoms with E-state index >= 15 is 0 Å². The van der Waals surface area contributed by atoms with E-state index in [4.69, 9.17) is 19.6 Å². The van der Waals surface area contributed by atoms with Gasteiger partial charge in [-0.1, -0.05) is 0 Å². The molecule has 2 aliphatic rings. The lowest BCUT2D eigenvalue weighted by atomic mass is 10.1. The summed E-state index contributed by atoms with van der Waals surface area (Å²) in [6.07, 6.45) is 7.99. The second-order valence-corrected chi connectivity index (χ2v) is 7.58. The normalized spacial score (nSPS) is 19.3. The van der Waals surface area contributed by atoms with Gasteiger partial charge in [0.15, 0.2) is 11.4 Å². The van der Waals surface area contributed by atoms with Crippen molar-refractivity contribution in [1.29, 1.82) is 0 Å². The highest BCUT2D eigenvalue weighted by molar-refractivity contribution is 5.67. The highest BCUT2D eigenvalue weighted by Gasteiger charge is 2.30. The van der Waals surface area contributed by atoms with Gasteiger partial charge in [0.2, 0.25) is 5.95 Å². The van der Waals surface area contributed by atoms with Crippen molar-refractivity contribution in [2.75, 3.05) is 32.6 Å². The molecule has 152 valence electrons. The number of hydrogen-bond donors (Lipinski definition) is 2. The van der Waals surface area contributed by atoms with Gasteiger partial charge in [0, 0.05) is 24.6 Å². The summed E-state index contributed by atoms with van der Waals surface area (Å²) in [4.78, 5) is 13.7. The van der Waals surface area contributed by atoms with E-state index in [2.05, 4.69) is 20.6 Å². The van der Waals surface area contributed by atoms with E-state index in [-0.39, 0.29) is 0 Å². The van der Waals surface area contributed by atoms with Gasteiger partial charge in [-0.25, -0.2) is 19.5 Å². The lowest BCUT2D eigenvalue weighted by molar-refractivity contribution is 0.405. The van der Waals surface area contributed by atoms with Gasteiger partial charge in [-0.3, -0.25) is 0 Å². The molecule has 3 aromatic heterocycles. The molecule has 9 nitrogen and oxygen atoms in total. The summed E-state index contributed by atoms with van der Waals surface area (Å²) in [5.74, 6) is 2.41. The number of hydrogen-bond acceptors (Lipinski definition) is 8. The first-order valence-electron chi connectivity index (χ1n) is 10.1. The molecule has 9 heteroatoms. The maximum absolute atomic E-state index is 5.54. The van der Waals surface area contributed by atoms with Crippen LogP contribution in [-0.4, -0.2) is 57.9 Å². The van der Waals surface area contributed by atoms with Crippen LogP contribution in [0.2, 0.25) is 0 Å². The van der Waals surface area contributed by atoms with Crippen LogP contribution in [0.25, 0.3) is 17.0 Å². The molecule has 29 heavy (non-hydrogen) atoms. The van der Waals surface area contributed by atoms with Crippen molar-refractivity contribution >= 4 is 11.6 Å². The Morgan fingerprint density at radius 3 is 2.69 bits per heavy atom. The first kappa shape index (κ1) is 18.1. The summed E-state index contributed by atoms with van der Waals surface area (Å²) in [5, 5.41) is 11.7. The van der Waals surface area contributed by atoms with Crippen LogP contribution in [0.15, 0.2) is 18.5 Å². The molecule has 1 atom stereocenters. The first-order valence-corrected chi connectivity index (χ1v) is 10.1. The molecule has 1 aliphatic carbocycles. The minimum absolute atomic E-state index is 0.316. The number of anilines is 1. The summed E-state index contributed by atoms with van der Waals surface area (Å²) in [6, 6.07) is 2.25. The van der Waals surface area contributed by atoms with Gasteiger partial charge in [0.25, 0.3) is 0 Å². The fourth-order valence-electron chi connectivity index (χ4n) is 3.81. The number of fused-ring (bicyclic) bond motifs is 1. The number of nitrogens with one attached hydrogen (secondary N) is 2. The Bertz CT molecular complexity index is 1030. The molecule has 2 fully saturated rings. The van der Waals surface area contributed by atoms with E-state index in [1.54, 1.807) is 26.6 Å². The van der Waals surface area contributed by atoms with Crippen LogP contribution < -0.4 is 20.1 Å². The Hall–Kier alpha value is -2.94. The molecule has 5 rings (SSSR count). The van der Waals surface area contributed by atoms with Crippen molar-refractivity contribution in [3.05, 3.63) is 24.2 Å². The van der Waals surface area contributed by atoms with Crippen molar-refractivity contribution in [2.24, 2.45) is 0 Å². The fourth-order valence-corrected chi connectivity index (χ4v) is 3.81. The summed E-state index contributed by atoms with van der Waals surface area (Å²) < 4.78 is 12.9. The third-order valence-electron chi connectivity index (χ3n) is 5.52. The largest absolute Gasteiger partial charge is 0.495 e. The average Bonchev–Trinajstić information content (AvgIpc) is 3.53. The SMILES string of the molecule is COc1cnc(NC2CCCNC2)nc1-c1cnc2cc(OC)c(C3CC3)nn12. The molecule has 1 aliphatic heterocycles. The summed E-state index contributed by atoms with van der Waals surface area (Å²) in [6.45, 7) is 1.97. The fraction of sp³-hybridized carbons (Fsp3) is 0.500. The molecule has 4 heterocycles. The van der Waals surface area contributed by atoms with Gasteiger partial charge < -0.3 is 20.1 Å². The van der Waals surface area contributed by atoms with E-state index < -0.39 is 0 Å². The van der Waals surface area contributed by atoms with Crippen molar-refractivity contribution in [2.45, 2.75) is 37.6 Å². The second-order valence-electron chi connectivity index (χ2n) is 7.58. The number of rotatable bonds is 6. The van der Waals surface area contributed by atoms with Crippen LogP contribution in [0.4, 0.5) is 5.95 Å². The molecule has 0 radical (unpaired) electrons.